The first kappa shape index (κ1) is 20.5. The van der Waals surface area contributed by atoms with E-state index in [0.717, 1.165) is 0 Å². The van der Waals surface area contributed by atoms with Crippen LogP contribution >= 0.6 is 11.8 Å². The first-order valence-electron chi connectivity index (χ1n) is 8.07. The second kappa shape index (κ2) is 7.85. The maximum atomic E-state index is 12.1. The number of carbonyl (C=O) groups excluding carboxylic acids is 3. The van der Waals surface area contributed by atoms with Gasteiger partial charge in [-0.1, -0.05) is 0 Å². The average molecular weight is 388 g/mol. The van der Waals surface area contributed by atoms with Crippen molar-refractivity contribution in [2.75, 3.05) is 19.5 Å². The van der Waals surface area contributed by atoms with Crippen molar-refractivity contribution < 1.29 is 33.3 Å². The number of amides is 1. The summed E-state index contributed by atoms with van der Waals surface area (Å²) < 4.78 is 20.3. The van der Waals surface area contributed by atoms with E-state index in [1.165, 1.54) is 30.7 Å². The Bertz CT molecular complexity index is 629. The van der Waals surface area contributed by atoms with E-state index in [2.05, 4.69) is 0 Å². The number of hydrogen-bond donors (Lipinski definition) is 1. The van der Waals surface area contributed by atoms with Crippen molar-refractivity contribution >= 4 is 29.8 Å². The van der Waals surface area contributed by atoms with Gasteiger partial charge in [-0.15, -0.1) is 11.8 Å². The summed E-state index contributed by atoms with van der Waals surface area (Å²) in [4.78, 5) is 37.2. The summed E-state index contributed by atoms with van der Waals surface area (Å²) in [6.07, 6.45) is -2.22. The fourth-order valence-electron chi connectivity index (χ4n) is 2.29. The minimum absolute atomic E-state index is 0.0710. The van der Waals surface area contributed by atoms with E-state index in [-0.39, 0.29) is 23.8 Å². The van der Waals surface area contributed by atoms with Crippen LogP contribution in [0.4, 0.5) is 4.79 Å². The number of thioether (sulfide) groups is 1. The number of esters is 1. The van der Waals surface area contributed by atoms with Crippen molar-refractivity contribution in [1.29, 1.82) is 0 Å². The lowest BCUT2D eigenvalue weighted by Gasteiger charge is -2.47. The minimum atomic E-state index is -1.14. The highest BCUT2D eigenvalue weighted by Gasteiger charge is 2.51. The minimum Gasteiger partial charge on any atom is -0.425 e. The highest BCUT2D eigenvalue weighted by Crippen LogP contribution is 2.39. The number of carbonyl (C=O) groups is 3. The van der Waals surface area contributed by atoms with Crippen molar-refractivity contribution in [3.05, 3.63) is 11.5 Å². The number of methoxy groups -OCH3 is 1. The Balaban J connectivity index is 2.03. The summed E-state index contributed by atoms with van der Waals surface area (Å²) in [6, 6.07) is -0.634. The van der Waals surface area contributed by atoms with Gasteiger partial charge in [0.25, 0.3) is 0 Å². The van der Waals surface area contributed by atoms with Crippen LogP contribution in [0.5, 0.6) is 0 Å². The lowest BCUT2D eigenvalue weighted by atomic mass is 9.97. The molecular formula is C16H24N2O7S. The predicted molar refractivity (Wildman–Crippen MR) is 92.5 cm³/mol. The number of ether oxygens (including phenoxy) is 4. The highest BCUT2D eigenvalue weighted by atomic mass is 32.2. The van der Waals surface area contributed by atoms with Crippen LogP contribution in [0.1, 0.15) is 27.7 Å². The maximum absolute atomic E-state index is 12.1. The molecule has 1 amide bonds. The number of hydrogen-bond acceptors (Lipinski definition) is 9. The van der Waals surface area contributed by atoms with Gasteiger partial charge in [0, 0.05) is 25.4 Å². The van der Waals surface area contributed by atoms with Crippen molar-refractivity contribution in [2.45, 2.75) is 45.4 Å². The summed E-state index contributed by atoms with van der Waals surface area (Å²) in [5, 5.41) is -0.290. The van der Waals surface area contributed by atoms with Crippen LogP contribution in [0.3, 0.4) is 0 Å². The molecule has 0 radical (unpaired) electrons. The molecule has 2 unspecified atom stereocenters. The molecule has 0 spiro atoms. The predicted octanol–water partition coefficient (Wildman–Crippen LogP) is 1.18. The fourth-order valence-corrected chi connectivity index (χ4v) is 3.54. The third kappa shape index (κ3) is 4.30. The van der Waals surface area contributed by atoms with E-state index in [1.54, 1.807) is 20.8 Å². The molecule has 0 bridgehead atoms. The Labute approximate surface area is 156 Å². The summed E-state index contributed by atoms with van der Waals surface area (Å²) >= 11 is 1.47. The van der Waals surface area contributed by atoms with Gasteiger partial charge in [0.2, 0.25) is 18.1 Å². The van der Waals surface area contributed by atoms with E-state index < -0.39 is 29.9 Å². The molecule has 26 heavy (non-hydrogen) atoms. The lowest BCUT2D eigenvalue weighted by Crippen LogP contribution is -2.68. The molecule has 0 saturated carbocycles. The molecule has 2 aliphatic heterocycles. The molecular weight excluding hydrogens is 364 g/mol. The number of nitrogens with zero attached hydrogens (tertiary/aromatic N) is 1. The van der Waals surface area contributed by atoms with Gasteiger partial charge in [-0.05, 0) is 20.8 Å². The van der Waals surface area contributed by atoms with Crippen molar-refractivity contribution in [1.82, 2.24) is 4.90 Å². The van der Waals surface area contributed by atoms with E-state index >= 15 is 0 Å². The Kier molecular flexibility index (Phi) is 6.20. The van der Waals surface area contributed by atoms with E-state index in [1.807, 2.05) is 0 Å². The molecule has 1 saturated heterocycles. The van der Waals surface area contributed by atoms with E-state index in [9.17, 15) is 14.4 Å². The maximum Gasteiger partial charge on any atom is 0.518 e. The van der Waals surface area contributed by atoms with Gasteiger partial charge in [-0.3, -0.25) is 14.5 Å². The topological polar surface area (TPSA) is 117 Å². The molecule has 0 aromatic heterocycles. The Morgan fingerprint density at radius 2 is 2.00 bits per heavy atom. The summed E-state index contributed by atoms with van der Waals surface area (Å²) in [6.45, 7) is 6.64. The Morgan fingerprint density at radius 3 is 2.58 bits per heavy atom. The first-order chi connectivity index (χ1) is 12.1. The van der Waals surface area contributed by atoms with Gasteiger partial charge in [0.15, 0.2) is 0 Å². The molecule has 0 aromatic carbocycles. The van der Waals surface area contributed by atoms with Crippen LogP contribution in [0.2, 0.25) is 0 Å². The van der Waals surface area contributed by atoms with Crippen LogP contribution in [-0.2, 0) is 28.5 Å². The Hall–Kier alpha value is -1.78. The van der Waals surface area contributed by atoms with Crippen molar-refractivity contribution in [2.24, 2.45) is 11.1 Å². The quantitative estimate of drug-likeness (QED) is 0.421. The van der Waals surface area contributed by atoms with Crippen LogP contribution in [0.15, 0.2) is 11.5 Å². The number of nitrogens with two attached hydrogens (primary N) is 1. The zero-order chi connectivity index (χ0) is 19.6. The van der Waals surface area contributed by atoms with E-state index in [0.29, 0.717) is 11.3 Å². The van der Waals surface area contributed by atoms with Gasteiger partial charge in [0.1, 0.15) is 11.4 Å². The molecule has 2 heterocycles. The molecule has 10 heteroatoms. The van der Waals surface area contributed by atoms with Crippen LogP contribution in [0.25, 0.3) is 0 Å². The second-order valence-corrected chi connectivity index (χ2v) is 8.08. The molecule has 2 rings (SSSR count). The highest BCUT2D eigenvalue weighted by molar-refractivity contribution is 8.00. The molecule has 9 nitrogen and oxygen atoms in total. The molecule has 0 aliphatic carbocycles. The van der Waals surface area contributed by atoms with Crippen molar-refractivity contribution in [3.63, 3.8) is 0 Å². The van der Waals surface area contributed by atoms with Crippen LogP contribution in [0, 0.1) is 5.41 Å². The lowest BCUT2D eigenvalue weighted by molar-refractivity contribution is -0.177. The number of fused-ring (bicyclic) bond motifs is 1. The number of β-lactam (4-membered cyclic amide) rings is 1. The zero-order valence-corrected chi connectivity index (χ0v) is 16.3. The molecule has 1 fully saturated rings. The molecule has 3 atom stereocenters. The monoisotopic (exact) mass is 388 g/mol. The summed E-state index contributed by atoms with van der Waals surface area (Å²) in [5.74, 6) is -0.282. The SMILES string of the molecule is COCC1=C(OC(=O)OC(C)OC(=O)C(C)(C)C)N2C(=O)C(N)[C@@H]2SC1. The molecule has 2 aliphatic rings. The number of rotatable bonds is 5. The van der Waals surface area contributed by atoms with Gasteiger partial charge >= 0.3 is 12.1 Å². The second-order valence-electron chi connectivity index (χ2n) is 6.97. The van der Waals surface area contributed by atoms with Gasteiger partial charge < -0.3 is 24.7 Å². The summed E-state index contributed by atoms with van der Waals surface area (Å²) in [7, 11) is 1.50. The molecule has 2 N–H and O–H groups in total. The smallest absolute Gasteiger partial charge is 0.425 e. The third-order valence-corrected chi connectivity index (χ3v) is 5.04. The molecule has 146 valence electrons. The normalized spacial score (nSPS) is 23.8. The Morgan fingerprint density at radius 1 is 1.35 bits per heavy atom. The molecule has 0 aromatic rings. The average Bonchev–Trinajstić information content (AvgIpc) is 2.54. The zero-order valence-electron chi connectivity index (χ0n) is 15.4. The van der Waals surface area contributed by atoms with Gasteiger partial charge in [-0.25, -0.2) is 4.79 Å². The third-order valence-electron chi connectivity index (χ3n) is 3.68. The van der Waals surface area contributed by atoms with Crippen LogP contribution < -0.4 is 5.73 Å². The van der Waals surface area contributed by atoms with Gasteiger partial charge in [-0.2, -0.15) is 0 Å². The largest absolute Gasteiger partial charge is 0.518 e. The fraction of sp³-hybridized carbons (Fsp3) is 0.688. The summed E-state index contributed by atoms with van der Waals surface area (Å²) in [5.41, 5.74) is 5.67. The van der Waals surface area contributed by atoms with Gasteiger partial charge in [0.05, 0.1) is 12.0 Å². The standard InChI is InChI=1S/C16H24N2O7S/c1-8(23-14(20)16(2,3)4)24-15(21)25-12-9(6-22-5)7-26-13-10(17)11(19)18(12)13/h8,10,13H,6-7,17H2,1-5H3/t8?,10?,13-/m0/s1. The first-order valence-corrected chi connectivity index (χ1v) is 9.12. The van der Waals surface area contributed by atoms with E-state index in [4.69, 9.17) is 24.7 Å². The van der Waals surface area contributed by atoms with Crippen molar-refractivity contribution in [3.8, 4) is 0 Å². The van der Waals surface area contributed by atoms with Crippen LogP contribution in [-0.4, -0.2) is 60.1 Å².